The number of nitrogens with zero attached hydrogens (tertiary/aromatic N) is 3. The maximum absolute atomic E-state index is 11.7. The highest BCUT2D eigenvalue weighted by Gasteiger charge is 2.27. The van der Waals surface area contributed by atoms with Crippen LogP contribution in [0.15, 0.2) is 16.8 Å². The minimum Gasteiger partial charge on any atom is -0.368 e. The number of rotatable bonds is 5. The Balaban J connectivity index is 1.36. The summed E-state index contributed by atoms with van der Waals surface area (Å²) < 4.78 is 7.76. The summed E-state index contributed by atoms with van der Waals surface area (Å²) in [5, 5.41) is 15.6. The molecule has 0 bridgehead atoms. The Labute approximate surface area is 132 Å². The van der Waals surface area contributed by atoms with Crippen molar-refractivity contribution in [3.63, 3.8) is 0 Å². The van der Waals surface area contributed by atoms with Crippen molar-refractivity contribution in [3.8, 4) is 11.3 Å². The summed E-state index contributed by atoms with van der Waals surface area (Å²) in [6, 6.07) is 2.04. The molecule has 1 amide bonds. The van der Waals surface area contributed by atoms with E-state index >= 15 is 0 Å². The Bertz CT molecular complexity index is 663. The van der Waals surface area contributed by atoms with Crippen molar-refractivity contribution in [2.75, 3.05) is 6.54 Å². The van der Waals surface area contributed by atoms with E-state index in [1.807, 2.05) is 16.1 Å². The molecule has 4 rings (SSSR count). The highest BCUT2D eigenvalue weighted by molar-refractivity contribution is 7.08. The Morgan fingerprint density at radius 2 is 2.41 bits per heavy atom. The van der Waals surface area contributed by atoms with Crippen LogP contribution >= 0.6 is 11.3 Å². The molecule has 6 nitrogen and oxygen atoms in total. The van der Waals surface area contributed by atoms with Gasteiger partial charge in [0.15, 0.2) is 0 Å². The summed E-state index contributed by atoms with van der Waals surface area (Å²) in [7, 11) is 0. The lowest BCUT2D eigenvalue weighted by Gasteiger charge is -2.24. The second-order valence-electron chi connectivity index (χ2n) is 5.96. The maximum atomic E-state index is 11.7. The van der Waals surface area contributed by atoms with Gasteiger partial charge in [-0.1, -0.05) is 5.21 Å². The molecule has 0 unspecified atom stereocenters. The van der Waals surface area contributed by atoms with Crippen LogP contribution in [0, 0.1) is 5.92 Å². The first-order chi connectivity index (χ1) is 10.8. The molecule has 1 aliphatic heterocycles. The van der Waals surface area contributed by atoms with Crippen molar-refractivity contribution < 1.29 is 9.53 Å². The molecule has 22 heavy (non-hydrogen) atoms. The highest BCUT2D eigenvalue weighted by Crippen LogP contribution is 2.32. The van der Waals surface area contributed by atoms with E-state index in [4.69, 9.17) is 4.74 Å². The number of hydrogen-bond donors (Lipinski definition) is 1. The molecule has 1 fully saturated rings. The predicted molar refractivity (Wildman–Crippen MR) is 82.3 cm³/mol. The third-order valence-corrected chi connectivity index (χ3v) is 4.85. The summed E-state index contributed by atoms with van der Waals surface area (Å²) in [5.74, 6) is 0.747. The lowest BCUT2D eigenvalue weighted by molar-refractivity contribution is -0.122. The zero-order chi connectivity index (χ0) is 14.9. The van der Waals surface area contributed by atoms with Crippen molar-refractivity contribution >= 4 is 17.2 Å². The summed E-state index contributed by atoms with van der Waals surface area (Å²) in [4.78, 5) is 11.7. The van der Waals surface area contributed by atoms with Gasteiger partial charge in [-0.3, -0.25) is 4.79 Å². The molecule has 0 spiro atoms. The van der Waals surface area contributed by atoms with Crippen LogP contribution in [-0.2, 0) is 22.7 Å². The van der Waals surface area contributed by atoms with E-state index in [1.54, 1.807) is 11.3 Å². The van der Waals surface area contributed by atoms with E-state index in [-0.39, 0.29) is 12.0 Å². The van der Waals surface area contributed by atoms with E-state index in [2.05, 4.69) is 21.0 Å². The van der Waals surface area contributed by atoms with Crippen LogP contribution in [0.1, 0.15) is 25.0 Å². The van der Waals surface area contributed by atoms with Gasteiger partial charge in [0.25, 0.3) is 0 Å². The molecule has 2 aliphatic rings. The molecule has 1 atom stereocenters. The van der Waals surface area contributed by atoms with Crippen LogP contribution in [-0.4, -0.2) is 33.5 Å². The first-order valence-electron chi connectivity index (χ1n) is 7.63. The summed E-state index contributed by atoms with van der Waals surface area (Å²) >= 11 is 1.64. The van der Waals surface area contributed by atoms with Crippen LogP contribution in [0.2, 0.25) is 0 Å². The van der Waals surface area contributed by atoms with Gasteiger partial charge in [-0.25, -0.2) is 4.68 Å². The summed E-state index contributed by atoms with van der Waals surface area (Å²) in [6.07, 6.45) is 3.01. The third kappa shape index (κ3) is 2.91. The van der Waals surface area contributed by atoms with Crippen molar-refractivity contribution in [3.05, 3.63) is 22.5 Å². The Hall–Kier alpha value is -1.73. The molecule has 1 N–H and O–H groups in total. The lowest BCUT2D eigenvalue weighted by atomic mass is 10.2. The minimum absolute atomic E-state index is 0.0346. The van der Waals surface area contributed by atoms with Gasteiger partial charge >= 0.3 is 0 Å². The number of carbonyl (C=O) groups is 1. The number of amides is 1. The van der Waals surface area contributed by atoms with Crippen molar-refractivity contribution in [2.24, 2.45) is 5.92 Å². The van der Waals surface area contributed by atoms with Crippen LogP contribution in [0.25, 0.3) is 11.3 Å². The van der Waals surface area contributed by atoms with Crippen LogP contribution in [0.3, 0.4) is 0 Å². The molecule has 0 aromatic carbocycles. The number of aromatic nitrogens is 3. The van der Waals surface area contributed by atoms with E-state index in [0.29, 0.717) is 32.0 Å². The van der Waals surface area contributed by atoms with Gasteiger partial charge in [-0.05, 0) is 30.2 Å². The average molecular weight is 318 g/mol. The number of nitrogens with one attached hydrogen (secondary N) is 1. The van der Waals surface area contributed by atoms with Gasteiger partial charge in [0.1, 0.15) is 5.69 Å². The van der Waals surface area contributed by atoms with Gasteiger partial charge in [-0.2, -0.15) is 11.3 Å². The zero-order valence-electron chi connectivity index (χ0n) is 12.2. The molecule has 2 aromatic heterocycles. The molecule has 1 saturated carbocycles. The Kier molecular flexibility index (Phi) is 3.67. The second kappa shape index (κ2) is 5.81. The van der Waals surface area contributed by atoms with Gasteiger partial charge in [0.2, 0.25) is 5.91 Å². The van der Waals surface area contributed by atoms with Crippen molar-refractivity contribution in [1.82, 2.24) is 20.3 Å². The molecule has 7 heteroatoms. The number of thiophene rings is 1. The van der Waals surface area contributed by atoms with Gasteiger partial charge in [0, 0.05) is 23.9 Å². The van der Waals surface area contributed by atoms with Crippen LogP contribution in [0.4, 0.5) is 0 Å². The van der Waals surface area contributed by atoms with Crippen molar-refractivity contribution in [2.45, 2.75) is 38.5 Å². The summed E-state index contributed by atoms with van der Waals surface area (Å²) in [6.45, 7) is 1.66. The fourth-order valence-corrected chi connectivity index (χ4v) is 3.34. The topological polar surface area (TPSA) is 69.0 Å². The fourth-order valence-electron chi connectivity index (χ4n) is 2.70. The largest absolute Gasteiger partial charge is 0.368 e. The number of ether oxygens (including phenoxy) is 1. The molecular formula is C15H18N4O2S. The molecule has 116 valence electrons. The molecule has 3 heterocycles. The first kappa shape index (κ1) is 13.9. The second-order valence-corrected chi connectivity index (χ2v) is 6.74. The van der Waals surface area contributed by atoms with Gasteiger partial charge < -0.3 is 10.1 Å². The maximum Gasteiger partial charge on any atom is 0.220 e. The number of fused-ring (bicyclic) bond motifs is 1. The normalized spacial score (nSPS) is 20.6. The smallest absolute Gasteiger partial charge is 0.220 e. The minimum atomic E-state index is -0.0346. The van der Waals surface area contributed by atoms with Crippen molar-refractivity contribution in [1.29, 1.82) is 0 Å². The Morgan fingerprint density at radius 3 is 3.18 bits per heavy atom. The fraction of sp³-hybridized carbons (Fsp3) is 0.533. The number of hydrogen-bond acceptors (Lipinski definition) is 5. The molecule has 1 aliphatic carbocycles. The first-order valence-corrected chi connectivity index (χ1v) is 8.57. The molecular weight excluding hydrogens is 300 g/mol. The van der Waals surface area contributed by atoms with E-state index in [0.717, 1.165) is 17.0 Å². The van der Waals surface area contributed by atoms with E-state index < -0.39 is 0 Å². The number of carbonyl (C=O) groups excluding carboxylic acids is 1. The highest BCUT2D eigenvalue weighted by atomic mass is 32.1. The standard InChI is InChI=1S/C15H18N4O2S/c20-14(5-10-1-2-10)16-6-12-7-19-13(8-21-12)15(17-18-19)11-3-4-22-9-11/h3-4,9-10,12H,1-2,5-8H2,(H,16,20)/t12-/m1/s1. The van der Waals surface area contributed by atoms with Crippen LogP contribution in [0.5, 0.6) is 0 Å². The SMILES string of the molecule is O=C(CC1CC1)NC[C@@H]1Cn2nnc(-c3ccsc3)c2CO1. The summed E-state index contributed by atoms with van der Waals surface area (Å²) in [5.41, 5.74) is 3.00. The Morgan fingerprint density at radius 1 is 1.50 bits per heavy atom. The van der Waals surface area contributed by atoms with Crippen LogP contribution < -0.4 is 5.32 Å². The molecule has 0 saturated heterocycles. The molecule has 0 radical (unpaired) electrons. The van der Waals surface area contributed by atoms with Gasteiger partial charge in [-0.15, -0.1) is 5.10 Å². The molecule has 2 aromatic rings. The third-order valence-electron chi connectivity index (χ3n) is 4.16. The van der Waals surface area contributed by atoms with Gasteiger partial charge in [0.05, 0.1) is 24.9 Å². The quantitative estimate of drug-likeness (QED) is 0.913. The predicted octanol–water partition coefficient (Wildman–Crippen LogP) is 1.82. The van der Waals surface area contributed by atoms with E-state index in [1.165, 1.54) is 12.8 Å². The monoisotopic (exact) mass is 318 g/mol. The zero-order valence-corrected chi connectivity index (χ0v) is 13.0. The lowest BCUT2D eigenvalue weighted by Crippen LogP contribution is -2.39. The average Bonchev–Trinajstić information content (AvgIpc) is 3.03. The van der Waals surface area contributed by atoms with E-state index in [9.17, 15) is 4.79 Å².